The second kappa shape index (κ2) is 9.09. The van der Waals surface area contributed by atoms with Gasteiger partial charge in [0.1, 0.15) is 0 Å². The lowest BCUT2D eigenvalue weighted by Gasteiger charge is -2.14. The largest absolute Gasteiger partial charge is 0.465 e. The number of carbonyl (C=O) groups is 4. The number of hydrogen-bond acceptors (Lipinski definition) is 7. The molecule has 1 atom stereocenters. The number of esters is 2. The molecule has 0 spiro atoms. The highest BCUT2D eigenvalue weighted by Crippen LogP contribution is 2.22. The SMILES string of the molecule is COC(=O)c1c(C)[nH]c(C(=O)C(C)OC(=O)c2ccccc2C(=O)c2cccs2)c1C. The second-order valence-corrected chi connectivity index (χ2v) is 7.83. The van der Waals surface area contributed by atoms with Crippen LogP contribution in [0.3, 0.4) is 0 Å². The minimum Gasteiger partial charge on any atom is -0.465 e. The van der Waals surface area contributed by atoms with Gasteiger partial charge in [-0.3, -0.25) is 9.59 Å². The number of aromatic nitrogens is 1. The molecule has 0 saturated heterocycles. The van der Waals surface area contributed by atoms with Crippen molar-refractivity contribution in [1.82, 2.24) is 4.98 Å². The number of Topliss-reactive ketones (excluding diaryl/α,β-unsaturated/α-hetero) is 1. The van der Waals surface area contributed by atoms with E-state index in [9.17, 15) is 19.2 Å². The number of aryl methyl sites for hydroxylation is 1. The van der Waals surface area contributed by atoms with Gasteiger partial charge in [0.05, 0.1) is 28.8 Å². The third kappa shape index (κ3) is 4.34. The molecule has 3 aromatic rings. The van der Waals surface area contributed by atoms with Crippen LogP contribution in [0, 0.1) is 13.8 Å². The van der Waals surface area contributed by atoms with Crippen molar-refractivity contribution in [2.75, 3.05) is 7.11 Å². The lowest BCUT2D eigenvalue weighted by molar-refractivity contribution is 0.0315. The maximum Gasteiger partial charge on any atom is 0.339 e. The zero-order valence-corrected chi connectivity index (χ0v) is 18.3. The summed E-state index contributed by atoms with van der Waals surface area (Å²) in [6.07, 6.45) is -1.14. The normalized spacial score (nSPS) is 11.6. The molecule has 0 bridgehead atoms. The van der Waals surface area contributed by atoms with Gasteiger partial charge in [-0.1, -0.05) is 24.3 Å². The van der Waals surface area contributed by atoms with Crippen LogP contribution in [-0.2, 0) is 9.47 Å². The maximum atomic E-state index is 12.9. The summed E-state index contributed by atoms with van der Waals surface area (Å²) in [7, 11) is 1.26. The number of benzene rings is 1. The average Bonchev–Trinajstić information content (AvgIpc) is 3.40. The Kier molecular flexibility index (Phi) is 6.50. The Balaban J connectivity index is 1.83. The summed E-state index contributed by atoms with van der Waals surface area (Å²) in [5.41, 5.74) is 1.63. The van der Waals surface area contributed by atoms with Crippen LogP contribution < -0.4 is 0 Å². The van der Waals surface area contributed by atoms with Crippen LogP contribution in [0.25, 0.3) is 0 Å². The summed E-state index contributed by atoms with van der Waals surface area (Å²) in [5, 5.41) is 1.78. The fraction of sp³-hybridized carbons (Fsp3) is 0.217. The van der Waals surface area contributed by atoms with Gasteiger partial charge in [0.25, 0.3) is 0 Å². The zero-order valence-electron chi connectivity index (χ0n) is 17.5. The van der Waals surface area contributed by atoms with Crippen molar-refractivity contribution in [3.63, 3.8) is 0 Å². The molecule has 0 radical (unpaired) electrons. The quantitative estimate of drug-likeness (QED) is 0.438. The molecular weight excluding hydrogens is 418 g/mol. The third-order valence-electron chi connectivity index (χ3n) is 4.86. The van der Waals surface area contributed by atoms with E-state index in [1.165, 1.54) is 31.4 Å². The number of H-pyrrole nitrogens is 1. The standard InChI is InChI=1S/C23H21NO6S/c1-12-18(23(28)29-4)13(2)24-19(12)20(25)14(3)30-22(27)16-9-6-5-8-15(16)21(26)17-10-7-11-31-17/h5-11,14,24H,1-4H3. The molecular formula is C23H21NO6S. The summed E-state index contributed by atoms with van der Waals surface area (Å²) >= 11 is 1.27. The number of thiophene rings is 1. The van der Waals surface area contributed by atoms with E-state index in [1.807, 2.05) is 0 Å². The first-order valence-electron chi connectivity index (χ1n) is 9.46. The van der Waals surface area contributed by atoms with Crippen molar-refractivity contribution in [2.45, 2.75) is 26.9 Å². The molecule has 0 aliphatic carbocycles. The molecule has 2 aromatic heterocycles. The van der Waals surface area contributed by atoms with E-state index in [0.717, 1.165) is 0 Å². The predicted octanol–water partition coefficient (Wildman–Crippen LogP) is 4.14. The molecule has 2 heterocycles. The van der Waals surface area contributed by atoms with Crippen LogP contribution in [0.2, 0.25) is 0 Å². The van der Waals surface area contributed by atoms with Gasteiger partial charge in [-0.25, -0.2) is 9.59 Å². The lowest BCUT2D eigenvalue weighted by atomic mass is 10.0. The summed E-state index contributed by atoms with van der Waals surface area (Å²) in [5.74, 6) is -2.13. The Morgan fingerprint density at radius 3 is 2.26 bits per heavy atom. The van der Waals surface area contributed by atoms with Crippen molar-refractivity contribution in [1.29, 1.82) is 0 Å². The van der Waals surface area contributed by atoms with Gasteiger partial charge in [0, 0.05) is 11.3 Å². The van der Waals surface area contributed by atoms with Crippen LogP contribution in [-0.4, -0.2) is 41.7 Å². The molecule has 160 valence electrons. The first-order valence-corrected chi connectivity index (χ1v) is 10.3. The Bertz CT molecular complexity index is 1160. The zero-order chi connectivity index (χ0) is 22.7. The van der Waals surface area contributed by atoms with Gasteiger partial charge in [0.15, 0.2) is 6.10 Å². The van der Waals surface area contributed by atoms with Crippen molar-refractivity contribution in [3.05, 3.63) is 80.3 Å². The molecule has 1 N–H and O–H groups in total. The molecule has 0 aliphatic heterocycles. The highest BCUT2D eigenvalue weighted by atomic mass is 32.1. The van der Waals surface area contributed by atoms with Crippen molar-refractivity contribution < 1.29 is 28.7 Å². The third-order valence-corrected chi connectivity index (χ3v) is 5.73. The number of rotatable bonds is 7. The van der Waals surface area contributed by atoms with E-state index < -0.39 is 23.8 Å². The first-order chi connectivity index (χ1) is 14.8. The number of nitrogens with one attached hydrogen (secondary N) is 1. The molecule has 7 nitrogen and oxygen atoms in total. The van der Waals surface area contributed by atoms with Gasteiger partial charge in [0.2, 0.25) is 11.6 Å². The molecule has 0 saturated carbocycles. The number of ether oxygens (including phenoxy) is 2. The summed E-state index contributed by atoms with van der Waals surface area (Å²) in [6.45, 7) is 4.71. The summed E-state index contributed by atoms with van der Waals surface area (Å²) < 4.78 is 10.1. The molecule has 1 unspecified atom stereocenters. The summed E-state index contributed by atoms with van der Waals surface area (Å²) in [6, 6.07) is 9.74. The lowest BCUT2D eigenvalue weighted by Crippen LogP contribution is -2.26. The second-order valence-electron chi connectivity index (χ2n) is 6.88. The Morgan fingerprint density at radius 2 is 1.65 bits per heavy atom. The van der Waals surface area contributed by atoms with Crippen LogP contribution in [0.15, 0.2) is 41.8 Å². The monoisotopic (exact) mass is 439 g/mol. The number of methoxy groups -OCH3 is 1. The van der Waals surface area contributed by atoms with E-state index >= 15 is 0 Å². The highest BCUT2D eigenvalue weighted by Gasteiger charge is 2.28. The van der Waals surface area contributed by atoms with E-state index in [4.69, 9.17) is 9.47 Å². The Hall–Kier alpha value is -3.52. The summed E-state index contributed by atoms with van der Waals surface area (Å²) in [4.78, 5) is 53.7. The van der Waals surface area contributed by atoms with E-state index in [1.54, 1.807) is 49.6 Å². The fourth-order valence-corrected chi connectivity index (χ4v) is 3.96. The minimum atomic E-state index is -1.14. The minimum absolute atomic E-state index is 0.0789. The van der Waals surface area contributed by atoms with Crippen molar-refractivity contribution in [3.8, 4) is 0 Å². The molecule has 31 heavy (non-hydrogen) atoms. The van der Waals surface area contributed by atoms with E-state index in [0.29, 0.717) is 16.1 Å². The van der Waals surface area contributed by atoms with Crippen LogP contribution in [0.5, 0.6) is 0 Å². The van der Waals surface area contributed by atoms with Gasteiger partial charge < -0.3 is 14.5 Å². The Morgan fingerprint density at radius 1 is 0.968 bits per heavy atom. The van der Waals surface area contributed by atoms with Gasteiger partial charge in [-0.15, -0.1) is 11.3 Å². The highest BCUT2D eigenvalue weighted by molar-refractivity contribution is 7.12. The molecule has 0 fully saturated rings. The molecule has 8 heteroatoms. The van der Waals surface area contributed by atoms with Gasteiger partial charge in [-0.2, -0.15) is 0 Å². The molecule has 0 amide bonds. The molecule has 3 rings (SSSR count). The van der Waals surface area contributed by atoms with Gasteiger partial charge in [-0.05, 0) is 43.8 Å². The molecule has 1 aromatic carbocycles. The smallest absolute Gasteiger partial charge is 0.339 e. The number of carbonyl (C=O) groups excluding carboxylic acids is 4. The number of ketones is 2. The van der Waals surface area contributed by atoms with Crippen LogP contribution >= 0.6 is 11.3 Å². The van der Waals surface area contributed by atoms with Crippen molar-refractivity contribution >= 4 is 34.8 Å². The molecule has 0 aliphatic rings. The van der Waals surface area contributed by atoms with Crippen LogP contribution in [0.1, 0.15) is 64.6 Å². The number of hydrogen-bond donors (Lipinski definition) is 1. The van der Waals surface area contributed by atoms with E-state index in [-0.39, 0.29) is 28.2 Å². The predicted molar refractivity (Wildman–Crippen MR) is 115 cm³/mol. The fourth-order valence-electron chi connectivity index (χ4n) is 3.29. The Labute approximate surface area is 183 Å². The topological polar surface area (TPSA) is 103 Å². The maximum absolute atomic E-state index is 12.9. The first kappa shape index (κ1) is 22.2. The number of aromatic amines is 1. The average molecular weight is 439 g/mol. The van der Waals surface area contributed by atoms with Crippen molar-refractivity contribution in [2.24, 2.45) is 0 Å². The van der Waals surface area contributed by atoms with Crippen LogP contribution in [0.4, 0.5) is 0 Å². The van der Waals surface area contributed by atoms with E-state index in [2.05, 4.69) is 4.98 Å². The van der Waals surface area contributed by atoms with Gasteiger partial charge >= 0.3 is 11.9 Å².